The molecule has 1 aromatic heterocycles. The van der Waals surface area contributed by atoms with Crippen molar-refractivity contribution >= 4 is 11.6 Å². The predicted molar refractivity (Wildman–Crippen MR) is 95.0 cm³/mol. The minimum atomic E-state index is -0.266. The summed E-state index contributed by atoms with van der Waals surface area (Å²) in [5, 5.41) is 9.69. The number of rotatable bonds is 6. The van der Waals surface area contributed by atoms with Crippen molar-refractivity contribution in [2.45, 2.75) is 25.9 Å². The maximum atomic E-state index is 13.1. The Bertz CT molecular complexity index is 710. The zero-order chi connectivity index (χ0) is 17.8. The van der Waals surface area contributed by atoms with Gasteiger partial charge in [-0.3, -0.25) is 4.79 Å². The lowest BCUT2D eigenvalue weighted by Gasteiger charge is -2.31. The van der Waals surface area contributed by atoms with E-state index in [1.165, 1.54) is 0 Å². The van der Waals surface area contributed by atoms with E-state index in [2.05, 4.69) is 4.90 Å². The SMILES string of the molecule is CC[C@H](CO)N(Cc1ccco1)C(=O)c1ccc2c(c1)OCCN2C. The molecule has 1 amide bonds. The van der Waals surface area contributed by atoms with Crippen molar-refractivity contribution in [3.8, 4) is 5.75 Å². The Balaban J connectivity index is 1.88. The number of fused-ring (bicyclic) bond motifs is 1. The van der Waals surface area contributed by atoms with E-state index in [0.29, 0.717) is 30.9 Å². The van der Waals surface area contributed by atoms with Gasteiger partial charge in [0.05, 0.1) is 37.7 Å². The Hall–Kier alpha value is -2.47. The lowest BCUT2D eigenvalue weighted by atomic mass is 10.1. The number of likely N-dealkylation sites (N-methyl/N-ethyl adjacent to an activating group) is 1. The van der Waals surface area contributed by atoms with Crippen LogP contribution in [-0.4, -0.2) is 48.8 Å². The molecule has 6 heteroatoms. The number of carbonyl (C=O) groups excluding carboxylic acids is 1. The molecular weight excluding hydrogens is 320 g/mol. The molecule has 3 rings (SSSR count). The smallest absolute Gasteiger partial charge is 0.254 e. The summed E-state index contributed by atoms with van der Waals surface area (Å²) < 4.78 is 11.1. The van der Waals surface area contributed by atoms with Crippen molar-refractivity contribution in [3.63, 3.8) is 0 Å². The van der Waals surface area contributed by atoms with Gasteiger partial charge in [-0.25, -0.2) is 0 Å². The number of benzene rings is 1. The summed E-state index contributed by atoms with van der Waals surface area (Å²) in [6, 6.07) is 8.86. The third-order valence-corrected chi connectivity index (χ3v) is 4.59. The molecule has 0 fully saturated rings. The Morgan fingerprint density at radius 3 is 2.92 bits per heavy atom. The van der Waals surface area contributed by atoms with Crippen LogP contribution in [0.5, 0.6) is 5.75 Å². The normalized spacial score (nSPS) is 14.6. The molecule has 0 saturated carbocycles. The molecule has 0 spiro atoms. The van der Waals surface area contributed by atoms with Crippen LogP contribution in [0, 0.1) is 0 Å². The number of anilines is 1. The van der Waals surface area contributed by atoms with Crippen LogP contribution in [-0.2, 0) is 6.54 Å². The third-order valence-electron chi connectivity index (χ3n) is 4.59. The maximum Gasteiger partial charge on any atom is 0.254 e. The average Bonchev–Trinajstić information content (AvgIpc) is 3.14. The van der Waals surface area contributed by atoms with Gasteiger partial charge in [0.25, 0.3) is 5.91 Å². The van der Waals surface area contributed by atoms with Gasteiger partial charge in [0.15, 0.2) is 0 Å². The molecule has 1 aliphatic rings. The van der Waals surface area contributed by atoms with Crippen LogP contribution in [0.4, 0.5) is 5.69 Å². The molecule has 6 nitrogen and oxygen atoms in total. The van der Waals surface area contributed by atoms with Gasteiger partial charge in [0.2, 0.25) is 0 Å². The standard InChI is InChI=1S/C19H24N2O4/c1-3-15(13-22)21(12-16-5-4-9-24-16)19(23)14-6-7-17-18(11-14)25-10-8-20(17)2/h4-7,9,11,15,22H,3,8,10,12-13H2,1-2H3/t15-/m1/s1. The van der Waals surface area contributed by atoms with Crippen molar-refractivity contribution in [2.24, 2.45) is 0 Å². The van der Waals surface area contributed by atoms with Crippen LogP contribution in [0.25, 0.3) is 0 Å². The first-order chi connectivity index (χ1) is 12.1. The number of aliphatic hydroxyl groups is 1. The summed E-state index contributed by atoms with van der Waals surface area (Å²) in [6.45, 7) is 3.61. The van der Waals surface area contributed by atoms with Crippen molar-refractivity contribution in [2.75, 3.05) is 31.7 Å². The molecule has 0 aliphatic carbocycles. The van der Waals surface area contributed by atoms with Gasteiger partial charge >= 0.3 is 0 Å². The summed E-state index contributed by atoms with van der Waals surface area (Å²) in [6.07, 6.45) is 2.24. The number of aliphatic hydroxyl groups excluding tert-OH is 1. The van der Waals surface area contributed by atoms with E-state index in [9.17, 15) is 9.90 Å². The van der Waals surface area contributed by atoms with Gasteiger partial charge in [0, 0.05) is 12.6 Å². The molecule has 1 atom stereocenters. The Morgan fingerprint density at radius 1 is 1.40 bits per heavy atom. The molecule has 1 aliphatic heterocycles. The van der Waals surface area contributed by atoms with Crippen LogP contribution in [0.1, 0.15) is 29.5 Å². The number of hydrogen-bond acceptors (Lipinski definition) is 5. The number of nitrogens with zero attached hydrogens (tertiary/aromatic N) is 2. The van der Waals surface area contributed by atoms with E-state index in [1.54, 1.807) is 23.3 Å². The summed E-state index contributed by atoms with van der Waals surface area (Å²) in [5.74, 6) is 1.26. The fourth-order valence-corrected chi connectivity index (χ4v) is 3.04. The molecule has 0 unspecified atom stereocenters. The molecule has 1 N–H and O–H groups in total. The maximum absolute atomic E-state index is 13.1. The van der Waals surface area contributed by atoms with Gasteiger partial charge < -0.3 is 24.1 Å². The van der Waals surface area contributed by atoms with Crippen molar-refractivity contribution in [1.29, 1.82) is 0 Å². The summed E-state index contributed by atoms with van der Waals surface area (Å²) in [7, 11) is 2.00. The highest BCUT2D eigenvalue weighted by molar-refractivity contribution is 5.95. The van der Waals surface area contributed by atoms with Gasteiger partial charge in [-0.15, -0.1) is 0 Å². The van der Waals surface area contributed by atoms with Crippen molar-refractivity contribution in [3.05, 3.63) is 47.9 Å². The largest absolute Gasteiger partial charge is 0.490 e. The highest BCUT2D eigenvalue weighted by Crippen LogP contribution is 2.32. The second-order valence-electron chi connectivity index (χ2n) is 6.21. The molecule has 1 aromatic carbocycles. The van der Waals surface area contributed by atoms with Crippen molar-refractivity contribution < 1.29 is 19.1 Å². The van der Waals surface area contributed by atoms with Crippen LogP contribution in [0.2, 0.25) is 0 Å². The van der Waals surface area contributed by atoms with Gasteiger partial charge in [-0.05, 0) is 36.8 Å². The zero-order valence-electron chi connectivity index (χ0n) is 14.6. The molecule has 2 aromatic rings. The second-order valence-corrected chi connectivity index (χ2v) is 6.21. The number of amides is 1. The van der Waals surface area contributed by atoms with E-state index in [0.717, 1.165) is 18.0 Å². The summed E-state index contributed by atoms with van der Waals surface area (Å²) in [4.78, 5) is 16.9. The zero-order valence-corrected chi connectivity index (χ0v) is 14.6. The van der Waals surface area contributed by atoms with Gasteiger partial charge in [-0.1, -0.05) is 6.92 Å². The monoisotopic (exact) mass is 344 g/mol. The Labute approximate surface area is 147 Å². The lowest BCUT2D eigenvalue weighted by Crippen LogP contribution is -2.41. The molecule has 2 heterocycles. The van der Waals surface area contributed by atoms with Crippen molar-refractivity contribution in [1.82, 2.24) is 4.90 Å². The molecule has 134 valence electrons. The van der Waals surface area contributed by atoms with Crippen LogP contribution < -0.4 is 9.64 Å². The topological polar surface area (TPSA) is 66.1 Å². The van der Waals surface area contributed by atoms with E-state index in [1.807, 2.05) is 32.2 Å². The fourth-order valence-electron chi connectivity index (χ4n) is 3.04. The fraction of sp³-hybridized carbons (Fsp3) is 0.421. The molecule has 0 bridgehead atoms. The molecule has 25 heavy (non-hydrogen) atoms. The van der Waals surface area contributed by atoms with E-state index >= 15 is 0 Å². The van der Waals surface area contributed by atoms with Gasteiger partial charge in [0.1, 0.15) is 18.1 Å². The van der Waals surface area contributed by atoms with Crippen LogP contribution in [0.3, 0.4) is 0 Å². The lowest BCUT2D eigenvalue weighted by molar-refractivity contribution is 0.0544. The average molecular weight is 344 g/mol. The number of ether oxygens (including phenoxy) is 1. The first-order valence-corrected chi connectivity index (χ1v) is 8.56. The first-order valence-electron chi connectivity index (χ1n) is 8.56. The predicted octanol–water partition coefficient (Wildman–Crippen LogP) is 2.52. The number of carbonyl (C=O) groups is 1. The minimum absolute atomic E-state index is 0.0902. The Morgan fingerprint density at radius 2 is 2.24 bits per heavy atom. The summed E-state index contributed by atoms with van der Waals surface area (Å²) in [5.41, 5.74) is 1.53. The van der Waals surface area contributed by atoms with E-state index in [4.69, 9.17) is 9.15 Å². The number of hydrogen-bond donors (Lipinski definition) is 1. The van der Waals surface area contributed by atoms with Crippen LogP contribution >= 0.6 is 0 Å². The quantitative estimate of drug-likeness (QED) is 0.872. The molecular formula is C19H24N2O4. The second kappa shape index (κ2) is 7.61. The van der Waals surface area contributed by atoms with Gasteiger partial charge in [-0.2, -0.15) is 0 Å². The molecule has 0 saturated heterocycles. The summed E-state index contributed by atoms with van der Waals surface area (Å²) >= 11 is 0. The Kier molecular flexibility index (Phi) is 5.28. The highest BCUT2D eigenvalue weighted by atomic mass is 16.5. The van der Waals surface area contributed by atoms with E-state index in [-0.39, 0.29) is 18.6 Å². The highest BCUT2D eigenvalue weighted by Gasteiger charge is 2.26. The first kappa shape index (κ1) is 17.4. The molecule has 0 radical (unpaired) electrons. The van der Waals surface area contributed by atoms with E-state index < -0.39 is 0 Å². The third kappa shape index (κ3) is 3.64. The van der Waals surface area contributed by atoms with Crippen LogP contribution in [0.15, 0.2) is 41.0 Å². The number of furan rings is 1. The minimum Gasteiger partial charge on any atom is -0.490 e.